The molecule has 0 atom stereocenters. The van der Waals surface area contributed by atoms with Gasteiger partial charge in [0.1, 0.15) is 0 Å². The van der Waals surface area contributed by atoms with Gasteiger partial charge < -0.3 is 4.57 Å². The highest BCUT2D eigenvalue weighted by atomic mass is 35.5. The van der Waals surface area contributed by atoms with Crippen molar-refractivity contribution in [2.75, 3.05) is 0 Å². The molecule has 1 aromatic carbocycles. The number of halogens is 1. The van der Waals surface area contributed by atoms with E-state index in [0.29, 0.717) is 23.2 Å². The van der Waals surface area contributed by atoms with Crippen LogP contribution in [0.1, 0.15) is 12.8 Å². The molecule has 1 aliphatic carbocycles. The highest BCUT2D eigenvalue weighted by molar-refractivity contribution is 6.32. The van der Waals surface area contributed by atoms with Gasteiger partial charge >= 0.3 is 11.1 Å². The highest BCUT2D eigenvalue weighted by Crippen LogP contribution is 2.29. The minimum absolute atomic E-state index is 0.448. The molecule has 4 nitrogen and oxygen atoms in total. The molecule has 1 aliphatic rings. The van der Waals surface area contributed by atoms with Crippen LogP contribution in [-0.2, 0) is 6.54 Å². The molecular formula is C14H13ClN2O2. The molecule has 0 saturated heterocycles. The summed E-state index contributed by atoms with van der Waals surface area (Å²) in [5, 5.41) is 0.448. The Hall–Kier alpha value is -1.81. The van der Waals surface area contributed by atoms with Crippen molar-refractivity contribution in [2.24, 2.45) is 5.92 Å². The highest BCUT2D eigenvalue weighted by Gasteiger charge is 2.22. The first-order chi connectivity index (χ1) is 9.16. The maximum absolute atomic E-state index is 12.1. The van der Waals surface area contributed by atoms with Gasteiger partial charge in [-0.05, 0) is 30.9 Å². The number of aromatic nitrogens is 2. The summed E-state index contributed by atoms with van der Waals surface area (Å²) in [6, 6.07) is 6.97. The van der Waals surface area contributed by atoms with Gasteiger partial charge in [-0.15, -0.1) is 0 Å². The van der Waals surface area contributed by atoms with E-state index in [-0.39, 0.29) is 0 Å². The molecule has 0 N–H and O–H groups in total. The van der Waals surface area contributed by atoms with Crippen LogP contribution >= 0.6 is 11.6 Å². The van der Waals surface area contributed by atoms with E-state index in [2.05, 4.69) is 0 Å². The Kier molecular flexibility index (Phi) is 3.03. The van der Waals surface area contributed by atoms with Crippen molar-refractivity contribution in [1.82, 2.24) is 9.13 Å². The molecule has 1 heterocycles. The van der Waals surface area contributed by atoms with Crippen molar-refractivity contribution in [3.63, 3.8) is 0 Å². The van der Waals surface area contributed by atoms with Crippen LogP contribution in [0.15, 0.2) is 46.2 Å². The summed E-state index contributed by atoms with van der Waals surface area (Å²) < 4.78 is 2.79. The van der Waals surface area contributed by atoms with Crippen LogP contribution in [0, 0.1) is 5.92 Å². The molecule has 1 saturated carbocycles. The van der Waals surface area contributed by atoms with E-state index in [1.165, 1.54) is 9.13 Å². The normalized spacial score (nSPS) is 14.6. The smallest absolute Gasteiger partial charge is 0.309 e. The van der Waals surface area contributed by atoms with E-state index in [4.69, 9.17) is 11.6 Å². The molecule has 1 fully saturated rings. The third kappa shape index (κ3) is 2.36. The van der Waals surface area contributed by atoms with Gasteiger partial charge in [0, 0.05) is 18.9 Å². The molecule has 0 spiro atoms. The van der Waals surface area contributed by atoms with Crippen LogP contribution in [0.2, 0.25) is 5.02 Å². The lowest BCUT2D eigenvalue weighted by atomic mass is 10.3. The topological polar surface area (TPSA) is 44.0 Å². The van der Waals surface area contributed by atoms with Crippen LogP contribution in [-0.4, -0.2) is 9.13 Å². The van der Waals surface area contributed by atoms with E-state index < -0.39 is 11.1 Å². The number of para-hydroxylation sites is 1. The van der Waals surface area contributed by atoms with Crippen molar-refractivity contribution >= 4 is 11.6 Å². The van der Waals surface area contributed by atoms with Crippen molar-refractivity contribution in [1.29, 1.82) is 0 Å². The second-order valence-corrected chi connectivity index (χ2v) is 5.23. The van der Waals surface area contributed by atoms with Crippen molar-refractivity contribution < 1.29 is 0 Å². The minimum atomic E-state index is -0.559. The van der Waals surface area contributed by atoms with E-state index in [0.717, 1.165) is 12.8 Å². The van der Waals surface area contributed by atoms with E-state index >= 15 is 0 Å². The molecule has 3 rings (SSSR count). The lowest BCUT2D eigenvalue weighted by Crippen LogP contribution is -2.40. The molecule has 5 heteroatoms. The Morgan fingerprint density at radius 2 is 1.84 bits per heavy atom. The van der Waals surface area contributed by atoms with Gasteiger partial charge in [-0.25, -0.2) is 0 Å². The van der Waals surface area contributed by atoms with Gasteiger partial charge in [0.15, 0.2) is 0 Å². The first-order valence-electron chi connectivity index (χ1n) is 6.24. The summed E-state index contributed by atoms with van der Waals surface area (Å²) in [7, 11) is 0. The summed E-state index contributed by atoms with van der Waals surface area (Å²) in [5.74, 6) is 0.549. The average molecular weight is 277 g/mol. The number of benzene rings is 1. The second kappa shape index (κ2) is 4.70. The molecule has 19 heavy (non-hydrogen) atoms. The molecule has 0 radical (unpaired) electrons. The third-order valence-corrected chi connectivity index (χ3v) is 3.64. The molecule has 0 unspecified atom stereocenters. The van der Waals surface area contributed by atoms with Gasteiger partial charge in [-0.3, -0.25) is 14.2 Å². The van der Waals surface area contributed by atoms with E-state index in [1.807, 2.05) is 0 Å². The SMILES string of the molecule is O=c1c(=O)n(-c2ccccc2Cl)ccn1CC1CC1. The summed E-state index contributed by atoms with van der Waals surface area (Å²) in [6.07, 6.45) is 5.54. The van der Waals surface area contributed by atoms with Gasteiger partial charge in [-0.2, -0.15) is 0 Å². The van der Waals surface area contributed by atoms with E-state index in [1.54, 1.807) is 36.7 Å². The van der Waals surface area contributed by atoms with Gasteiger partial charge in [-0.1, -0.05) is 23.7 Å². The first-order valence-corrected chi connectivity index (χ1v) is 6.61. The Morgan fingerprint density at radius 3 is 2.53 bits per heavy atom. The van der Waals surface area contributed by atoms with Crippen molar-refractivity contribution in [2.45, 2.75) is 19.4 Å². The first kappa shape index (κ1) is 12.2. The maximum Gasteiger partial charge on any atom is 0.321 e. The number of nitrogens with zero attached hydrogens (tertiary/aromatic N) is 2. The van der Waals surface area contributed by atoms with Crippen LogP contribution in [0.5, 0.6) is 0 Å². The lowest BCUT2D eigenvalue weighted by Gasteiger charge is -2.09. The largest absolute Gasteiger partial charge is 0.321 e. The van der Waals surface area contributed by atoms with Gasteiger partial charge in [0.05, 0.1) is 10.7 Å². The zero-order chi connectivity index (χ0) is 13.4. The standard InChI is InChI=1S/C14H13ClN2O2/c15-11-3-1-2-4-12(11)17-8-7-16(9-10-5-6-10)13(18)14(17)19/h1-4,7-8,10H,5-6,9H2. The van der Waals surface area contributed by atoms with Crippen LogP contribution in [0.25, 0.3) is 5.69 Å². The van der Waals surface area contributed by atoms with Crippen LogP contribution in [0.3, 0.4) is 0 Å². The molecule has 2 aromatic rings. The summed E-state index contributed by atoms with van der Waals surface area (Å²) in [5.41, 5.74) is -0.518. The zero-order valence-electron chi connectivity index (χ0n) is 10.3. The van der Waals surface area contributed by atoms with Crippen LogP contribution in [0.4, 0.5) is 0 Å². The van der Waals surface area contributed by atoms with Crippen molar-refractivity contribution in [3.05, 3.63) is 62.4 Å². The molecule has 0 amide bonds. The maximum atomic E-state index is 12.1. The third-order valence-electron chi connectivity index (χ3n) is 3.32. The lowest BCUT2D eigenvalue weighted by molar-refractivity contribution is 0.592. The molecule has 0 aliphatic heterocycles. The second-order valence-electron chi connectivity index (χ2n) is 4.83. The monoisotopic (exact) mass is 276 g/mol. The Balaban J connectivity index is 2.09. The molecule has 98 valence electrons. The Labute approximate surface area is 114 Å². The minimum Gasteiger partial charge on any atom is -0.309 e. The Bertz CT molecular complexity index is 729. The van der Waals surface area contributed by atoms with Gasteiger partial charge in [0.2, 0.25) is 0 Å². The fourth-order valence-electron chi connectivity index (χ4n) is 2.07. The fourth-order valence-corrected chi connectivity index (χ4v) is 2.29. The van der Waals surface area contributed by atoms with Gasteiger partial charge in [0.25, 0.3) is 0 Å². The van der Waals surface area contributed by atoms with Crippen molar-refractivity contribution in [3.8, 4) is 5.69 Å². The van der Waals surface area contributed by atoms with E-state index in [9.17, 15) is 9.59 Å². The predicted octanol–water partition coefficient (Wildman–Crippen LogP) is 2.06. The number of hydrogen-bond acceptors (Lipinski definition) is 2. The predicted molar refractivity (Wildman–Crippen MR) is 74.0 cm³/mol. The fraction of sp³-hybridized carbons (Fsp3) is 0.286. The number of rotatable bonds is 3. The average Bonchev–Trinajstić information content (AvgIpc) is 3.21. The summed E-state index contributed by atoms with van der Waals surface area (Å²) >= 11 is 6.05. The van der Waals surface area contributed by atoms with Crippen LogP contribution < -0.4 is 11.1 Å². The molecule has 1 aromatic heterocycles. The molecule has 0 bridgehead atoms. The zero-order valence-corrected chi connectivity index (χ0v) is 11.0. The number of hydrogen-bond donors (Lipinski definition) is 0. The summed E-state index contributed by atoms with van der Waals surface area (Å²) in [4.78, 5) is 24.1. The molecular weight excluding hydrogens is 264 g/mol. The Morgan fingerprint density at radius 1 is 1.11 bits per heavy atom. The quantitative estimate of drug-likeness (QED) is 0.806. The summed E-state index contributed by atoms with van der Waals surface area (Å²) in [6.45, 7) is 0.636.